The fourth-order valence-electron chi connectivity index (χ4n) is 9.41. The summed E-state index contributed by atoms with van der Waals surface area (Å²) in [4.78, 5) is 24.5. The van der Waals surface area contributed by atoms with Crippen LogP contribution in [0.4, 0.5) is 0 Å². The van der Waals surface area contributed by atoms with E-state index in [0.29, 0.717) is 25.9 Å². The van der Waals surface area contributed by atoms with E-state index in [0.717, 1.165) is 51.4 Å². The van der Waals surface area contributed by atoms with Gasteiger partial charge < -0.3 is 20.3 Å². The molecule has 0 aliphatic rings. The summed E-state index contributed by atoms with van der Waals surface area (Å²) < 4.78 is 5.46. The summed E-state index contributed by atoms with van der Waals surface area (Å²) in [5.74, 6) is -0.0413. The Balaban J connectivity index is 3.43. The van der Waals surface area contributed by atoms with Crippen LogP contribution in [-0.2, 0) is 14.3 Å². The van der Waals surface area contributed by atoms with Gasteiger partial charge in [0, 0.05) is 12.8 Å². The number of rotatable bonds is 55. The highest BCUT2D eigenvalue weighted by atomic mass is 16.5. The van der Waals surface area contributed by atoms with Gasteiger partial charge in [0.15, 0.2) is 0 Å². The minimum atomic E-state index is -0.671. The van der Waals surface area contributed by atoms with E-state index in [1.807, 2.05) is 0 Å². The Hall–Kier alpha value is -1.14. The molecule has 0 aromatic carbocycles. The van der Waals surface area contributed by atoms with E-state index in [9.17, 15) is 19.8 Å². The number of nitrogens with one attached hydrogen (secondary N) is 1. The molecule has 2 unspecified atom stereocenters. The summed E-state index contributed by atoms with van der Waals surface area (Å²) in [6.07, 6.45) is 62.3. The van der Waals surface area contributed by atoms with E-state index in [2.05, 4.69) is 19.2 Å². The highest BCUT2D eigenvalue weighted by Gasteiger charge is 2.20. The first kappa shape index (κ1) is 62.9. The molecule has 1 amide bonds. The smallest absolute Gasteiger partial charge is 0.305 e. The van der Waals surface area contributed by atoms with Crippen LogP contribution in [0.1, 0.15) is 335 Å². The molecule has 0 aliphatic heterocycles. The molecule has 0 spiro atoms. The van der Waals surface area contributed by atoms with Gasteiger partial charge >= 0.3 is 5.97 Å². The van der Waals surface area contributed by atoms with Crippen LogP contribution in [-0.4, -0.2) is 47.4 Å². The standard InChI is InChI=1S/C58H115NO5/c1-3-5-7-9-11-13-15-17-18-19-20-21-22-23-24-27-30-34-38-42-46-50-56(61)55(54-60)59-57(62)51-47-43-39-35-31-28-25-26-29-33-37-41-45-49-53-64-58(63)52-48-44-40-36-32-16-14-12-10-8-6-4-2/h55-56,60-61H,3-54H2,1-2H3,(H,59,62). The van der Waals surface area contributed by atoms with Gasteiger partial charge in [-0.1, -0.05) is 296 Å². The van der Waals surface area contributed by atoms with E-state index < -0.39 is 12.1 Å². The first-order valence-corrected chi connectivity index (χ1v) is 29.3. The predicted octanol–water partition coefficient (Wildman–Crippen LogP) is 17.9. The van der Waals surface area contributed by atoms with Crippen molar-refractivity contribution in [1.29, 1.82) is 0 Å². The lowest BCUT2D eigenvalue weighted by molar-refractivity contribution is -0.143. The van der Waals surface area contributed by atoms with Crippen molar-refractivity contribution in [2.45, 2.75) is 347 Å². The van der Waals surface area contributed by atoms with Gasteiger partial charge in [0.2, 0.25) is 5.91 Å². The minimum Gasteiger partial charge on any atom is -0.466 e. The van der Waals surface area contributed by atoms with Crippen molar-refractivity contribution in [2.24, 2.45) is 0 Å². The summed E-state index contributed by atoms with van der Waals surface area (Å²) in [6.45, 7) is 4.96. The molecule has 382 valence electrons. The number of aliphatic hydroxyl groups is 2. The average Bonchev–Trinajstić information content (AvgIpc) is 3.29. The number of aliphatic hydroxyl groups excluding tert-OH is 2. The zero-order chi connectivity index (χ0) is 46.5. The van der Waals surface area contributed by atoms with Gasteiger partial charge in [0.25, 0.3) is 0 Å². The van der Waals surface area contributed by atoms with Crippen molar-refractivity contribution in [3.8, 4) is 0 Å². The monoisotopic (exact) mass is 906 g/mol. The van der Waals surface area contributed by atoms with Crippen LogP contribution in [0.3, 0.4) is 0 Å². The SMILES string of the molecule is CCCCCCCCCCCCCCCCCCCCCCCC(O)C(CO)NC(=O)CCCCCCCCCCCCCCCCOC(=O)CCCCCCCCCCCCCC. The van der Waals surface area contributed by atoms with Gasteiger partial charge in [-0.05, 0) is 25.7 Å². The van der Waals surface area contributed by atoms with E-state index in [1.165, 1.54) is 250 Å². The number of hydrogen-bond acceptors (Lipinski definition) is 5. The van der Waals surface area contributed by atoms with Crippen LogP contribution < -0.4 is 5.32 Å². The summed E-state index contributed by atoms with van der Waals surface area (Å²) in [5.41, 5.74) is 0. The third kappa shape index (κ3) is 50.3. The highest BCUT2D eigenvalue weighted by molar-refractivity contribution is 5.76. The fourth-order valence-corrected chi connectivity index (χ4v) is 9.41. The predicted molar refractivity (Wildman–Crippen MR) is 278 cm³/mol. The molecule has 0 aromatic heterocycles. The second kappa shape index (κ2) is 54.5. The largest absolute Gasteiger partial charge is 0.466 e. The third-order valence-electron chi connectivity index (χ3n) is 13.9. The number of carbonyl (C=O) groups is 2. The van der Waals surface area contributed by atoms with Crippen molar-refractivity contribution >= 4 is 11.9 Å². The third-order valence-corrected chi connectivity index (χ3v) is 13.9. The second-order valence-corrected chi connectivity index (χ2v) is 20.3. The topological polar surface area (TPSA) is 95.9 Å². The molecule has 0 saturated carbocycles. The molecule has 0 bridgehead atoms. The van der Waals surface area contributed by atoms with Gasteiger partial charge in [0.05, 0.1) is 25.4 Å². The Morgan fingerprint density at radius 1 is 0.375 bits per heavy atom. The van der Waals surface area contributed by atoms with Crippen molar-refractivity contribution in [3.05, 3.63) is 0 Å². The number of hydrogen-bond donors (Lipinski definition) is 3. The molecule has 6 nitrogen and oxygen atoms in total. The molecular weight excluding hydrogens is 791 g/mol. The number of esters is 1. The number of ether oxygens (including phenoxy) is 1. The van der Waals surface area contributed by atoms with Crippen molar-refractivity contribution in [2.75, 3.05) is 13.2 Å². The lowest BCUT2D eigenvalue weighted by Crippen LogP contribution is -2.45. The maximum Gasteiger partial charge on any atom is 0.305 e. The zero-order valence-corrected chi connectivity index (χ0v) is 43.5. The normalized spacial score (nSPS) is 12.5. The minimum absolute atomic E-state index is 0.000181. The molecule has 0 aliphatic carbocycles. The van der Waals surface area contributed by atoms with Crippen LogP contribution in [0.5, 0.6) is 0 Å². The Bertz CT molecular complexity index is 913. The Morgan fingerprint density at radius 3 is 0.953 bits per heavy atom. The van der Waals surface area contributed by atoms with Crippen LogP contribution in [0.2, 0.25) is 0 Å². The molecule has 0 fully saturated rings. The van der Waals surface area contributed by atoms with Gasteiger partial charge in [-0.15, -0.1) is 0 Å². The molecule has 3 N–H and O–H groups in total. The van der Waals surface area contributed by atoms with Crippen LogP contribution in [0, 0.1) is 0 Å². The average molecular weight is 907 g/mol. The Morgan fingerprint density at radius 2 is 0.641 bits per heavy atom. The van der Waals surface area contributed by atoms with Crippen molar-refractivity contribution in [3.63, 3.8) is 0 Å². The highest BCUT2D eigenvalue weighted by Crippen LogP contribution is 2.18. The fraction of sp³-hybridized carbons (Fsp3) is 0.966. The van der Waals surface area contributed by atoms with Crippen LogP contribution >= 0.6 is 0 Å². The van der Waals surface area contributed by atoms with Crippen molar-refractivity contribution in [1.82, 2.24) is 5.32 Å². The van der Waals surface area contributed by atoms with Gasteiger partial charge in [0.1, 0.15) is 0 Å². The summed E-state index contributed by atoms with van der Waals surface area (Å²) in [6, 6.07) is -0.548. The van der Waals surface area contributed by atoms with E-state index in [4.69, 9.17) is 4.74 Å². The lowest BCUT2D eigenvalue weighted by Gasteiger charge is -2.22. The molecule has 64 heavy (non-hydrogen) atoms. The lowest BCUT2D eigenvalue weighted by atomic mass is 10.0. The van der Waals surface area contributed by atoms with Crippen molar-refractivity contribution < 1.29 is 24.5 Å². The molecule has 0 rings (SSSR count). The van der Waals surface area contributed by atoms with Crippen LogP contribution in [0.15, 0.2) is 0 Å². The molecule has 2 atom stereocenters. The van der Waals surface area contributed by atoms with E-state index in [1.54, 1.807) is 0 Å². The van der Waals surface area contributed by atoms with Crippen LogP contribution in [0.25, 0.3) is 0 Å². The molecule has 0 heterocycles. The van der Waals surface area contributed by atoms with Gasteiger partial charge in [-0.2, -0.15) is 0 Å². The molecule has 0 aromatic rings. The van der Waals surface area contributed by atoms with Gasteiger partial charge in [-0.25, -0.2) is 0 Å². The first-order valence-electron chi connectivity index (χ1n) is 29.3. The second-order valence-electron chi connectivity index (χ2n) is 20.3. The maximum atomic E-state index is 12.5. The summed E-state index contributed by atoms with van der Waals surface area (Å²) >= 11 is 0. The molecule has 0 saturated heterocycles. The number of carbonyl (C=O) groups excluding carboxylic acids is 2. The maximum absolute atomic E-state index is 12.5. The summed E-state index contributed by atoms with van der Waals surface area (Å²) in [5, 5.41) is 23.3. The number of unbranched alkanes of at least 4 members (excludes halogenated alkanes) is 44. The van der Waals surface area contributed by atoms with E-state index >= 15 is 0 Å². The Labute approximate surface area is 400 Å². The van der Waals surface area contributed by atoms with Gasteiger partial charge in [-0.3, -0.25) is 9.59 Å². The van der Waals surface area contributed by atoms with E-state index in [-0.39, 0.29) is 18.5 Å². The first-order chi connectivity index (χ1) is 31.5. The quantitative estimate of drug-likeness (QED) is 0.0417. The zero-order valence-electron chi connectivity index (χ0n) is 43.5. The number of amides is 1. The molecular formula is C58H115NO5. The Kier molecular flexibility index (Phi) is 53.5. The summed E-state index contributed by atoms with van der Waals surface area (Å²) in [7, 11) is 0. The molecule has 0 radical (unpaired) electrons. The molecule has 6 heteroatoms.